The van der Waals surface area contributed by atoms with Crippen LogP contribution in [0.25, 0.3) is 10.8 Å². The number of thiocarbonyl (C=S) groups is 1. The van der Waals surface area contributed by atoms with Crippen LogP contribution in [0.4, 0.5) is 11.5 Å². The summed E-state index contributed by atoms with van der Waals surface area (Å²) >= 11 is 5.44. The van der Waals surface area contributed by atoms with Gasteiger partial charge in [0, 0.05) is 18.0 Å². The average Bonchev–Trinajstić information content (AvgIpc) is 3.08. The fourth-order valence-corrected chi connectivity index (χ4v) is 3.67. The molecule has 0 amide bonds. The summed E-state index contributed by atoms with van der Waals surface area (Å²) in [5.41, 5.74) is 4.61. The Morgan fingerprint density at radius 3 is 2.50 bits per heavy atom. The van der Waals surface area contributed by atoms with Gasteiger partial charge in [0.2, 0.25) is 0 Å². The van der Waals surface area contributed by atoms with Crippen molar-refractivity contribution in [3.05, 3.63) is 89.6 Å². The van der Waals surface area contributed by atoms with Crippen LogP contribution in [0.2, 0.25) is 0 Å². The highest BCUT2D eigenvalue weighted by atomic mass is 32.1. The van der Waals surface area contributed by atoms with Crippen LogP contribution in [-0.4, -0.2) is 14.9 Å². The Morgan fingerprint density at radius 1 is 0.929 bits per heavy atom. The van der Waals surface area contributed by atoms with E-state index < -0.39 is 0 Å². The Hall–Kier alpha value is -3.18. The van der Waals surface area contributed by atoms with E-state index in [2.05, 4.69) is 90.2 Å². The van der Waals surface area contributed by atoms with Crippen LogP contribution in [0.3, 0.4) is 0 Å². The number of hydrogen-bond acceptors (Lipinski definition) is 2. The van der Waals surface area contributed by atoms with Gasteiger partial charge in [0.1, 0.15) is 0 Å². The molecule has 0 fully saturated rings. The summed E-state index contributed by atoms with van der Waals surface area (Å²) in [6, 6.07) is 23.0. The van der Waals surface area contributed by atoms with Gasteiger partial charge in [-0.3, -0.25) is 4.68 Å². The van der Waals surface area contributed by atoms with Gasteiger partial charge in [0.25, 0.3) is 0 Å². The van der Waals surface area contributed by atoms with E-state index in [4.69, 9.17) is 12.2 Å². The van der Waals surface area contributed by atoms with Gasteiger partial charge in [-0.25, -0.2) is 0 Å². The molecular formula is C23H22N4S. The van der Waals surface area contributed by atoms with E-state index in [-0.39, 0.29) is 0 Å². The molecule has 4 rings (SSSR count). The maximum Gasteiger partial charge on any atom is 0.176 e. The van der Waals surface area contributed by atoms with Gasteiger partial charge in [-0.1, -0.05) is 48.5 Å². The highest BCUT2D eigenvalue weighted by molar-refractivity contribution is 7.80. The Bertz CT molecular complexity index is 1120. The normalized spacial score (nSPS) is 10.8. The Morgan fingerprint density at radius 2 is 1.68 bits per heavy atom. The van der Waals surface area contributed by atoms with Crippen molar-refractivity contribution in [3.63, 3.8) is 0 Å². The van der Waals surface area contributed by atoms with E-state index in [0.717, 1.165) is 11.5 Å². The van der Waals surface area contributed by atoms with Gasteiger partial charge in [0.15, 0.2) is 10.9 Å². The van der Waals surface area contributed by atoms with Crippen LogP contribution in [0.1, 0.15) is 16.7 Å². The molecule has 1 heterocycles. The SMILES string of the molecule is Cc1cc(C)cc(NC(=S)Nc2ccn(Cc3cccc4ccccc34)n2)c1. The standard InChI is InChI=1S/C23H22N4S/c1-16-12-17(2)14-20(13-16)24-23(28)25-22-10-11-27(26-22)15-19-8-5-7-18-6-3-4-9-21(18)19/h3-14H,15H2,1-2H3,(H2,24,25,26,28). The summed E-state index contributed by atoms with van der Waals surface area (Å²) in [7, 11) is 0. The molecule has 0 saturated carbocycles. The van der Waals surface area contributed by atoms with Crippen LogP contribution >= 0.6 is 12.2 Å². The maximum atomic E-state index is 5.44. The molecule has 28 heavy (non-hydrogen) atoms. The van der Waals surface area contributed by atoms with Crippen molar-refractivity contribution in [3.8, 4) is 0 Å². The number of fused-ring (bicyclic) bond motifs is 1. The van der Waals surface area contributed by atoms with Crippen molar-refractivity contribution < 1.29 is 0 Å². The number of benzene rings is 3. The largest absolute Gasteiger partial charge is 0.332 e. The zero-order chi connectivity index (χ0) is 19.5. The first-order valence-corrected chi connectivity index (χ1v) is 9.64. The number of anilines is 2. The molecule has 0 radical (unpaired) electrons. The third-order valence-corrected chi connectivity index (χ3v) is 4.78. The molecule has 3 aromatic carbocycles. The van der Waals surface area contributed by atoms with Crippen molar-refractivity contribution in [2.75, 3.05) is 10.6 Å². The number of nitrogens with one attached hydrogen (secondary N) is 2. The van der Waals surface area contributed by atoms with Gasteiger partial charge in [0.05, 0.1) is 6.54 Å². The molecule has 0 spiro atoms. The minimum atomic E-state index is 0.528. The van der Waals surface area contributed by atoms with E-state index in [9.17, 15) is 0 Å². The van der Waals surface area contributed by atoms with Crippen LogP contribution in [0, 0.1) is 13.8 Å². The van der Waals surface area contributed by atoms with Crippen molar-refractivity contribution in [2.24, 2.45) is 0 Å². The Kier molecular flexibility index (Phi) is 5.08. The van der Waals surface area contributed by atoms with E-state index in [1.165, 1.54) is 27.5 Å². The molecule has 4 aromatic rings. The number of rotatable bonds is 4. The number of hydrogen-bond donors (Lipinski definition) is 2. The lowest BCUT2D eigenvalue weighted by Crippen LogP contribution is -2.19. The van der Waals surface area contributed by atoms with E-state index in [0.29, 0.717) is 11.7 Å². The van der Waals surface area contributed by atoms with Crippen LogP contribution in [-0.2, 0) is 6.54 Å². The first-order valence-electron chi connectivity index (χ1n) is 9.23. The van der Waals surface area contributed by atoms with Crippen molar-refractivity contribution in [2.45, 2.75) is 20.4 Å². The monoisotopic (exact) mass is 386 g/mol. The molecule has 1 aromatic heterocycles. The number of nitrogens with zero attached hydrogens (tertiary/aromatic N) is 2. The second kappa shape index (κ2) is 7.82. The molecule has 0 aliphatic rings. The molecule has 0 atom stereocenters. The quantitative estimate of drug-likeness (QED) is 0.454. The third kappa shape index (κ3) is 4.21. The lowest BCUT2D eigenvalue weighted by Gasteiger charge is -2.10. The minimum absolute atomic E-state index is 0.528. The molecule has 0 aliphatic heterocycles. The van der Waals surface area contributed by atoms with E-state index in [1.807, 2.05) is 16.9 Å². The predicted octanol–water partition coefficient (Wildman–Crippen LogP) is 5.51. The molecule has 0 saturated heterocycles. The van der Waals surface area contributed by atoms with Gasteiger partial charge >= 0.3 is 0 Å². The van der Waals surface area contributed by atoms with Gasteiger partial charge in [-0.2, -0.15) is 5.10 Å². The highest BCUT2D eigenvalue weighted by Gasteiger charge is 2.06. The van der Waals surface area contributed by atoms with Crippen molar-refractivity contribution in [1.82, 2.24) is 9.78 Å². The molecule has 2 N–H and O–H groups in total. The maximum absolute atomic E-state index is 5.44. The van der Waals surface area contributed by atoms with Gasteiger partial charge in [-0.15, -0.1) is 0 Å². The van der Waals surface area contributed by atoms with Gasteiger partial charge in [-0.05, 0) is 65.7 Å². The molecular weight excluding hydrogens is 364 g/mol. The molecule has 0 bridgehead atoms. The number of aromatic nitrogens is 2. The summed E-state index contributed by atoms with van der Waals surface area (Å²) in [5.74, 6) is 0.724. The lowest BCUT2D eigenvalue weighted by atomic mass is 10.0. The second-order valence-electron chi connectivity index (χ2n) is 6.99. The van der Waals surface area contributed by atoms with Crippen molar-refractivity contribution in [1.29, 1.82) is 0 Å². The smallest absolute Gasteiger partial charge is 0.176 e. The van der Waals surface area contributed by atoms with Crippen LogP contribution in [0.5, 0.6) is 0 Å². The lowest BCUT2D eigenvalue weighted by molar-refractivity contribution is 0.693. The Labute approximate surface area is 170 Å². The van der Waals surface area contributed by atoms with E-state index >= 15 is 0 Å². The fourth-order valence-electron chi connectivity index (χ4n) is 3.45. The van der Waals surface area contributed by atoms with Gasteiger partial charge < -0.3 is 10.6 Å². The zero-order valence-corrected chi connectivity index (χ0v) is 16.8. The first kappa shape index (κ1) is 18.2. The fraction of sp³-hybridized carbons (Fsp3) is 0.130. The van der Waals surface area contributed by atoms with E-state index in [1.54, 1.807) is 0 Å². The first-order chi connectivity index (χ1) is 13.6. The average molecular weight is 387 g/mol. The summed E-state index contributed by atoms with van der Waals surface area (Å²) in [4.78, 5) is 0. The Balaban J connectivity index is 1.44. The summed E-state index contributed by atoms with van der Waals surface area (Å²) in [6.07, 6.45) is 1.96. The predicted molar refractivity (Wildman–Crippen MR) is 121 cm³/mol. The summed E-state index contributed by atoms with van der Waals surface area (Å²) in [5, 5.41) is 14.0. The second-order valence-corrected chi connectivity index (χ2v) is 7.40. The van der Waals surface area contributed by atoms with Crippen molar-refractivity contribution >= 4 is 39.6 Å². The molecule has 0 aliphatic carbocycles. The zero-order valence-electron chi connectivity index (χ0n) is 15.9. The number of aryl methyl sites for hydroxylation is 2. The summed E-state index contributed by atoms with van der Waals surface area (Å²) in [6.45, 7) is 4.85. The highest BCUT2D eigenvalue weighted by Crippen LogP contribution is 2.20. The molecule has 4 nitrogen and oxygen atoms in total. The molecule has 0 unspecified atom stereocenters. The minimum Gasteiger partial charge on any atom is -0.332 e. The van der Waals surface area contributed by atoms with Crippen LogP contribution in [0.15, 0.2) is 72.9 Å². The summed E-state index contributed by atoms with van der Waals surface area (Å²) < 4.78 is 1.92. The third-order valence-electron chi connectivity index (χ3n) is 4.57. The topological polar surface area (TPSA) is 41.9 Å². The molecule has 5 heteroatoms. The van der Waals surface area contributed by atoms with Crippen LogP contribution < -0.4 is 10.6 Å². The molecule has 140 valence electrons.